The van der Waals surface area contributed by atoms with Crippen molar-refractivity contribution in [2.24, 2.45) is 0 Å². The molecule has 0 heterocycles. The molecule has 0 aromatic heterocycles. The molecule has 2 aromatic rings. The fourth-order valence-electron chi connectivity index (χ4n) is 3.57. The van der Waals surface area contributed by atoms with Gasteiger partial charge in [-0.05, 0) is 69.2 Å². The lowest BCUT2D eigenvalue weighted by Crippen LogP contribution is -2.49. The van der Waals surface area contributed by atoms with E-state index in [4.69, 9.17) is 16.3 Å². The first-order chi connectivity index (χ1) is 16.4. The number of benzene rings is 2. The second kappa shape index (κ2) is 12.8. The largest absolute Gasteiger partial charge is 0.497 e. The number of anilines is 1. The molecule has 0 fully saturated rings. The molecule has 0 saturated carbocycles. The quantitative estimate of drug-likeness (QED) is 0.456. The Morgan fingerprint density at radius 1 is 1.09 bits per heavy atom. The molecule has 0 saturated heterocycles. The van der Waals surface area contributed by atoms with Crippen LogP contribution in [0.4, 0.5) is 5.69 Å². The van der Waals surface area contributed by atoms with Crippen LogP contribution in [0.3, 0.4) is 0 Å². The Kier molecular flexibility index (Phi) is 10.4. The number of hydrogen-bond donors (Lipinski definition) is 1. The first-order valence-corrected chi connectivity index (χ1v) is 13.6. The third-order valence-corrected chi connectivity index (χ3v) is 6.80. The second-order valence-corrected chi connectivity index (χ2v) is 11.0. The summed E-state index contributed by atoms with van der Waals surface area (Å²) in [6, 6.07) is 13.0. The number of amides is 2. The summed E-state index contributed by atoms with van der Waals surface area (Å²) >= 11 is 5.92. The molecule has 10 heteroatoms. The lowest BCUT2D eigenvalue weighted by molar-refractivity contribution is -0.140. The molecule has 192 valence electrons. The van der Waals surface area contributed by atoms with Gasteiger partial charge in [-0.15, -0.1) is 0 Å². The first kappa shape index (κ1) is 28.5. The molecule has 0 radical (unpaired) electrons. The van der Waals surface area contributed by atoms with Crippen LogP contribution in [0.15, 0.2) is 48.5 Å². The van der Waals surface area contributed by atoms with Crippen LogP contribution < -0.4 is 14.4 Å². The predicted molar refractivity (Wildman–Crippen MR) is 139 cm³/mol. The molecule has 0 aliphatic carbocycles. The predicted octanol–water partition coefficient (Wildman–Crippen LogP) is 3.84. The minimum absolute atomic E-state index is 0.0681. The summed E-state index contributed by atoms with van der Waals surface area (Å²) in [5.41, 5.74) is 1.29. The van der Waals surface area contributed by atoms with Crippen molar-refractivity contribution in [1.82, 2.24) is 10.2 Å². The lowest BCUT2D eigenvalue weighted by Gasteiger charge is -2.30. The second-order valence-electron chi connectivity index (χ2n) is 8.63. The summed E-state index contributed by atoms with van der Waals surface area (Å²) in [6.45, 7) is 5.73. The Morgan fingerprint density at radius 2 is 1.74 bits per heavy atom. The Labute approximate surface area is 213 Å². The molecule has 2 aromatic carbocycles. The summed E-state index contributed by atoms with van der Waals surface area (Å²) in [6.07, 6.45) is 1.47. The van der Waals surface area contributed by atoms with E-state index >= 15 is 0 Å². The van der Waals surface area contributed by atoms with Gasteiger partial charge in [0, 0.05) is 30.6 Å². The highest BCUT2D eigenvalue weighted by atomic mass is 35.5. The fraction of sp³-hybridized carbons (Fsp3) is 0.440. The van der Waals surface area contributed by atoms with E-state index in [0.29, 0.717) is 16.5 Å². The molecule has 1 N–H and O–H groups in total. The topological polar surface area (TPSA) is 96.0 Å². The number of rotatable bonds is 12. The first-order valence-electron chi connectivity index (χ1n) is 11.4. The van der Waals surface area contributed by atoms with E-state index in [1.807, 2.05) is 32.0 Å². The van der Waals surface area contributed by atoms with Gasteiger partial charge in [-0.25, -0.2) is 8.42 Å². The van der Waals surface area contributed by atoms with Crippen molar-refractivity contribution in [2.75, 3.05) is 24.2 Å². The number of carbonyl (C=O) groups is 2. The zero-order valence-electron chi connectivity index (χ0n) is 20.8. The fourth-order valence-corrected chi connectivity index (χ4v) is 4.66. The highest BCUT2D eigenvalue weighted by Crippen LogP contribution is 2.22. The van der Waals surface area contributed by atoms with E-state index in [2.05, 4.69) is 5.32 Å². The van der Waals surface area contributed by atoms with Crippen LogP contribution in [-0.4, -0.2) is 57.1 Å². The SMILES string of the molecule is COc1cccc(CN(C(=O)CCCN(c2ccc(Cl)cc2)S(C)(=O)=O)C(C)C(=O)NC(C)C)c1. The number of nitrogens with zero attached hydrogens (tertiary/aromatic N) is 2. The Hall–Kier alpha value is -2.78. The van der Waals surface area contributed by atoms with Gasteiger partial charge in [-0.3, -0.25) is 13.9 Å². The molecule has 35 heavy (non-hydrogen) atoms. The third kappa shape index (κ3) is 8.74. The van der Waals surface area contributed by atoms with Crippen molar-refractivity contribution in [1.29, 1.82) is 0 Å². The molecule has 1 unspecified atom stereocenters. The zero-order chi connectivity index (χ0) is 26.2. The van der Waals surface area contributed by atoms with Crippen LogP contribution >= 0.6 is 11.6 Å². The Morgan fingerprint density at radius 3 is 2.31 bits per heavy atom. The molecule has 0 bridgehead atoms. The van der Waals surface area contributed by atoms with Crippen LogP contribution in [-0.2, 0) is 26.2 Å². The molecule has 1 atom stereocenters. The van der Waals surface area contributed by atoms with Crippen LogP contribution in [0.1, 0.15) is 39.2 Å². The monoisotopic (exact) mass is 523 g/mol. The highest BCUT2D eigenvalue weighted by Gasteiger charge is 2.27. The van der Waals surface area contributed by atoms with E-state index in [1.54, 1.807) is 44.4 Å². The molecule has 0 aliphatic heterocycles. The van der Waals surface area contributed by atoms with E-state index in [0.717, 1.165) is 11.8 Å². The van der Waals surface area contributed by atoms with E-state index in [9.17, 15) is 18.0 Å². The third-order valence-electron chi connectivity index (χ3n) is 5.35. The van der Waals surface area contributed by atoms with Gasteiger partial charge in [-0.2, -0.15) is 0 Å². The number of carbonyl (C=O) groups excluding carboxylic acids is 2. The smallest absolute Gasteiger partial charge is 0.242 e. The van der Waals surface area contributed by atoms with Gasteiger partial charge in [0.15, 0.2) is 0 Å². The molecule has 8 nitrogen and oxygen atoms in total. The number of nitrogens with one attached hydrogen (secondary N) is 1. The maximum atomic E-state index is 13.3. The van der Waals surface area contributed by atoms with Crippen LogP contribution in [0, 0.1) is 0 Å². The normalized spacial score (nSPS) is 12.2. The van der Waals surface area contributed by atoms with Gasteiger partial charge in [0.25, 0.3) is 0 Å². The zero-order valence-corrected chi connectivity index (χ0v) is 22.4. The minimum Gasteiger partial charge on any atom is -0.497 e. The molecule has 2 rings (SSSR count). The molecule has 0 aliphatic rings. The average Bonchev–Trinajstić information content (AvgIpc) is 2.79. The molecule has 2 amide bonds. The summed E-state index contributed by atoms with van der Waals surface area (Å²) in [7, 11) is -2.00. The summed E-state index contributed by atoms with van der Waals surface area (Å²) in [5.74, 6) is 0.153. The molecular formula is C25H34ClN3O5S. The van der Waals surface area contributed by atoms with Gasteiger partial charge in [-0.1, -0.05) is 23.7 Å². The Balaban J connectivity index is 2.18. The van der Waals surface area contributed by atoms with Gasteiger partial charge >= 0.3 is 0 Å². The number of sulfonamides is 1. The van der Waals surface area contributed by atoms with Crippen molar-refractivity contribution in [3.63, 3.8) is 0 Å². The van der Waals surface area contributed by atoms with Crippen LogP contribution in [0.5, 0.6) is 5.75 Å². The molecule has 0 spiro atoms. The van der Waals surface area contributed by atoms with Gasteiger partial charge in [0.2, 0.25) is 21.8 Å². The Bertz CT molecular complexity index is 1110. The van der Waals surface area contributed by atoms with E-state index in [1.165, 1.54) is 9.21 Å². The van der Waals surface area contributed by atoms with Gasteiger partial charge in [0.05, 0.1) is 19.1 Å². The highest BCUT2D eigenvalue weighted by molar-refractivity contribution is 7.92. The van der Waals surface area contributed by atoms with Crippen LogP contribution in [0.25, 0.3) is 0 Å². The minimum atomic E-state index is -3.56. The van der Waals surface area contributed by atoms with Crippen molar-refractivity contribution in [3.8, 4) is 5.75 Å². The van der Waals surface area contributed by atoms with Crippen molar-refractivity contribution >= 4 is 39.1 Å². The summed E-state index contributed by atoms with van der Waals surface area (Å²) in [4.78, 5) is 27.5. The number of methoxy groups -OCH3 is 1. The summed E-state index contributed by atoms with van der Waals surface area (Å²) in [5, 5.41) is 3.35. The number of ether oxygens (including phenoxy) is 1. The van der Waals surface area contributed by atoms with Crippen molar-refractivity contribution in [3.05, 3.63) is 59.1 Å². The summed E-state index contributed by atoms with van der Waals surface area (Å²) < 4.78 is 31.2. The maximum absolute atomic E-state index is 13.3. The lowest BCUT2D eigenvalue weighted by atomic mass is 10.1. The number of hydrogen-bond acceptors (Lipinski definition) is 5. The average molecular weight is 524 g/mol. The van der Waals surface area contributed by atoms with E-state index in [-0.39, 0.29) is 43.8 Å². The van der Waals surface area contributed by atoms with Crippen molar-refractivity contribution < 1.29 is 22.7 Å². The van der Waals surface area contributed by atoms with Crippen LogP contribution in [0.2, 0.25) is 5.02 Å². The standard InChI is InChI=1S/C25H34ClN3O5S/c1-18(2)27-25(31)19(3)28(17-20-8-6-9-23(16-20)34-4)24(30)10-7-15-29(35(5,32)33)22-13-11-21(26)12-14-22/h6,8-9,11-14,16,18-19H,7,10,15,17H2,1-5H3,(H,27,31). The maximum Gasteiger partial charge on any atom is 0.242 e. The van der Waals surface area contributed by atoms with Crippen molar-refractivity contribution in [2.45, 2.75) is 52.2 Å². The number of halogens is 1. The van der Waals surface area contributed by atoms with E-state index < -0.39 is 16.1 Å². The van der Waals surface area contributed by atoms with Gasteiger partial charge < -0.3 is 15.0 Å². The molecular weight excluding hydrogens is 490 g/mol. The van der Waals surface area contributed by atoms with Gasteiger partial charge in [0.1, 0.15) is 11.8 Å².